The maximum absolute atomic E-state index is 10.1. The minimum absolute atomic E-state index is 0.263. The van der Waals surface area contributed by atoms with E-state index in [1.165, 1.54) is 0 Å². The molecule has 0 amide bonds. The number of carbonyl (C=O) groups is 1. The number of aliphatic carboxylic acids is 1. The third kappa shape index (κ3) is 2.09. The minimum atomic E-state index is -1.01. The summed E-state index contributed by atoms with van der Waals surface area (Å²) >= 11 is 0. The molecule has 1 aromatic rings. The average molecular weight is 155 g/mol. The highest BCUT2D eigenvalue weighted by Crippen LogP contribution is 2.12. The quantitative estimate of drug-likeness (QED) is 0.595. The summed E-state index contributed by atoms with van der Waals surface area (Å²) in [5, 5.41) is 17.5. The first kappa shape index (κ1) is 7.81. The zero-order valence-electron chi connectivity index (χ0n) is 5.82. The van der Waals surface area contributed by atoms with Crippen molar-refractivity contribution in [3.05, 3.63) is 24.0 Å². The zero-order valence-corrected chi connectivity index (χ0v) is 5.82. The van der Waals surface area contributed by atoms with E-state index in [0.717, 1.165) is 0 Å². The predicted molar refractivity (Wildman–Crippen MR) is 38.0 cm³/mol. The van der Waals surface area contributed by atoms with E-state index in [0.29, 0.717) is 5.69 Å². The van der Waals surface area contributed by atoms with Crippen LogP contribution in [0.15, 0.2) is 18.3 Å². The van der Waals surface area contributed by atoms with Crippen LogP contribution in [-0.4, -0.2) is 21.2 Å². The van der Waals surface area contributed by atoms with Crippen LogP contribution in [0, 0.1) is 0 Å². The zero-order chi connectivity index (χ0) is 8.27. The smallest absolute Gasteiger partial charge is 0.306 e. The van der Waals surface area contributed by atoms with E-state index in [4.69, 9.17) is 10.2 Å². The molecule has 0 bridgehead atoms. The van der Waals surface area contributed by atoms with Gasteiger partial charge in [0, 0.05) is 11.9 Å². The fraction of sp³-hybridized carbons (Fsp3) is 0.286. The van der Waals surface area contributed by atoms with Crippen LogP contribution in [0.1, 0.15) is 18.2 Å². The van der Waals surface area contributed by atoms with Gasteiger partial charge in [0.15, 0.2) is 0 Å². The summed E-state index contributed by atoms with van der Waals surface area (Å²) in [6.45, 7) is 0. The molecule has 0 spiro atoms. The maximum Gasteiger partial charge on any atom is 0.306 e. The summed E-state index contributed by atoms with van der Waals surface area (Å²) in [5.74, 6) is -1.01. The molecule has 0 aromatic carbocycles. The number of H-pyrrole nitrogens is 1. The number of aromatic nitrogens is 1. The van der Waals surface area contributed by atoms with Gasteiger partial charge in [0.2, 0.25) is 0 Å². The molecule has 1 atom stereocenters. The Morgan fingerprint density at radius 2 is 2.45 bits per heavy atom. The Hall–Kier alpha value is -1.29. The normalized spacial score (nSPS) is 12.8. The second-order valence-corrected chi connectivity index (χ2v) is 2.24. The Morgan fingerprint density at radius 1 is 1.73 bits per heavy atom. The van der Waals surface area contributed by atoms with Crippen LogP contribution in [0.25, 0.3) is 0 Å². The second-order valence-electron chi connectivity index (χ2n) is 2.24. The predicted octanol–water partition coefficient (Wildman–Crippen LogP) is 0.523. The molecule has 0 saturated heterocycles. The average Bonchev–Trinajstić information content (AvgIpc) is 2.35. The van der Waals surface area contributed by atoms with Gasteiger partial charge in [0.05, 0.1) is 6.42 Å². The number of nitrogens with one attached hydrogen (secondary N) is 1. The molecular weight excluding hydrogens is 146 g/mol. The van der Waals surface area contributed by atoms with Crippen LogP contribution in [0.3, 0.4) is 0 Å². The number of hydrogen-bond acceptors (Lipinski definition) is 2. The van der Waals surface area contributed by atoms with E-state index in [2.05, 4.69) is 4.98 Å². The molecule has 60 valence electrons. The highest BCUT2D eigenvalue weighted by molar-refractivity contribution is 5.67. The molecule has 0 radical (unpaired) electrons. The number of aliphatic hydroxyl groups is 1. The molecule has 0 unspecified atom stereocenters. The standard InChI is InChI=1S/C7H9NO3/c9-6(4-7(10)11)5-2-1-3-8-5/h1-3,6,8-9H,4H2,(H,10,11)/t6-/m0/s1. The number of aromatic amines is 1. The summed E-state index contributed by atoms with van der Waals surface area (Å²) in [7, 11) is 0. The molecule has 1 rings (SSSR count). The SMILES string of the molecule is O=C(O)C[C@H](O)c1ccc[nH]1. The largest absolute Gasteiger partial charge is 0.481 e. The molecular formula is C7H9NO3. The number of rotatable bonds is 3. The van der Waals surface area contributed by atoms with Gasteiger partial charge < -0.3 is 15.2 Å². The van der Waals surface area contributed by atoms with E-state index in [1.807, 2.05) is 0 Å². The van der Waals surface area contributed by atoms with Gasteiger partial charge in [-0.15, -0.1) is 0 Å². The molecule has 0 saturated carbocycles. The van der Waals surface area contributed by atoms with Gasteiger partial charge in [-0.25, -0.2) is 0 Å². The summed E-state index contributed by atoms with van der Waals surface area (Å²) in [6, 6.07) is 3.36. The van der Waals surface area contributed by atoms with E-state index in [1.54, 1.807) is 18.3 Å². The van der Waals surface area contributed by atoms with E-state index in [-0.39, 0.29) is 6.42 Å². The van der Waals surface area contributed by atoms with Gasteiger partial charge in [-0.3, -0.25) is 4.79 Å². The van der Waals surface area contributed by atoms with Crippen LogP contribution in [0.4, 0.5) is 0 Å². The van der Waals surface area contributed by atoms with Crippen LogP contribution in [0.5, 0.6) is 0 Å². The Kier molecular flexibility index (Phi) is 2.28. The van der Waals surface area contributed by atoms with E-state index >= 15 is 0 Å². The summed E-state index contributed by atoms with van der Waals surface area (Å²) in [4.78, 5) is 12.9. The molecule has 4 nitrogen and oxygen atoms in total. The number of carboxylic acid groups (broad SMARTS) is 1. The lowest BCUT2D eigenvalue weighted by Gasteiger charge is -2.03. The fourth-order valence-corrected chi connectivity index (χ4v) is 0.827. The molecule has 11 heavy (non-hydrogen) atoms. The maximum atomic E-state index is 10.1. The summed E-state index contributed by atoms with van der Waals surface area (Å²) in [6.07, 6.45) is 0.448. The first-order valence-corrected chi connectivity index (χ1v) is 3.23. The van der Waals surface area contributed by atoms with Crippen molar-refractivity contribution in [2.75, 3.05) is 0 Å². The van der Waals surface area contributed by atoms with Gasteiger partial charge in [-0.1, -0.05) is 0 Å². The fourth-order valence-electron chi connectivity index (χ4n) is 0.827. The van der Waals surface area contributed by atoms with Crippen molar-refractivity contribution < 1.29 is 15.0 Å². The van der Waals surface area contributed by atoms with Crippen LogP contribution in [-0.2, 0) is 4.79 Å². The lowest BCUT2D eigenvalue weighted by molar-refractivity contribution is -0.139. The molecule has 4 heteroatoms. The second kappa shape index (κ2) is 3.21. The van der Waals surface area contributed by atoms with Gasteiger partial charge in [0.25, 0.3) is 0 Å². The number of carboxylic acids is 1. The van der Waals surface area contributed by atoms with Gasteiger partial charge in [0.1, 0.15) is 6.10 Å². The molecule has 0 aliphatic rings. The van der Waals surface area contributed by atoms with Gasteiger partial charge in [-0.05, 0) is 12.1 Å². The Bertz CT molecular complexity index is 230. The molecule has 0 fully saturated rings. The first-order valence-electron chi connectivity index (χ1n) is 3.23. The molecule has 0 aliphatic carbocycles. The summed E-state index contributed by atoms with van der Waals surface area (Å²) < 4.78 is 0. The van der Waals surface area contributed by atoms with Crippen molar-refractivity contribution >= 4 is 5.97 Å². The molecule has 3 N–H and O–H groups in total. The highest BCUT2D eigenvalue weighted by atomic mass is 16.4. The highest BCUT2D eigenvalue weighted by Gasteiger charge is 2.11. The van der Waals surface area contributed by atoms with Crippen LogP contribution < -0.4 is 0 Å². The van der Waals surface area contributed by atoms with Crippen molar-refractivity contribution in [3.8, 4) is 0 Å². The van der Waals surface area contributed by atoms with E-state index in [9.17, 15) is 4.79 Å². The Labute approximate surface area is 63.5 Å². The van der Waals surface area contributed by atoms with E-state index < -0.39 is 12.1 Å². The lowest BCUT2D eigenvalue weighted by Crippen LogP contribution is -2.05. The Balaban J connectivity index is 2.56. The molecule has 1 aromatic heterocycles. The third-order valence-corrected chi connectivity index (χ3v) is 1.35. The van der Waals surface area contributed by atoms with Crippen molar-refractivity contribution in [1.82, 2.24) is 4.98 Å². The first-order chi connectivity index (χ1) is 5.20. The third-order valence-electron chi connectivity index (χ3n) is 1.35. The molecule has 0 aliphatic heterocycles. The number of hydrogen-bond donors (Lipinski definition) is 3. The molecule has 1 heterocycles. The topological polar surface area (TPSA) is 73.3 Å². The summed E-state index contributed by atoms with van der Waals surface area (Å²) in [5.41, 5.74) is 0.535. The monoisotopic (exact) mass is 155 g/mol. The van der Waals surface area contributed by atoms with Crippen molar-refractivity contribution in [3.63, 3.8) is 0 Å². The van der Waals surface area contributed by atoms with Crippen LogP contribution in [0.2, 0.25) is 0 Å². The minimum Gasteiger partial charge on any atom is -0.481 e. The van der Waals surface area contributed by atoms with Crippen LogP contribution >= 0.6 is 0 Å². The Morgan fingerprint density at radius 3 is 2.91 bits per heavy atom. The van der Waals surface area contributed by atoms with Crippen molar-refractivity contribution in [1.29, 1.82) is 0 Å². The van der Waals surface area contributed by atoms with Crippen molar-refractivity contribution in [2.45, 2.75) is 12.5 Å². The number of aliphatic hydroxyl groups excluding tert-OH is 1. The lowest BCUT2D eigenvalue weighted by atomic mass is 10.2. The van der Waals surface area contributed by atoms with Gasteiger partial charge >= 0.3 is 5.97 Å². The van der Waals surface area contributed by atoms with Crippen molar-refractivity contribution in [2.24, 2.45) is 0 Å². The van der Waals surface area contributed by atoms with Gasteiger partial charge in [-0.2, -0.15) is 0 Å².